The summed E-state index contributed by atoms with van der Waals surface area (Å²) in [5.74, 6) is 0. The quantitative estimate of drug-likeness (QED) is 0.552. The smallest absolute Gasteiger partial charge is 0.0718 e. The molecule has 1 rings (SSSR count). The number of nitrogens with two attached hydrogens (primary N) is 1. The Morgan fingerprint density at radius 2 is 2.15 bits per heavy atom. The van der Waals surface area contributed by atoms with Crippen molar-refractivity contribution in [2.24, 2.45) is 0 Å². The highest BCUT2D eigenvalue weighted by atomic mass is 16.5. The Labute approximate surface area is 78.5 Å². The third-order valence-corrected chi connectivity index (χ3v) is 1.65. The van der Waals surface area contributed by atoms with Crippen LogP contribution in [-0.4, -0.2) is 20.3 Å². The van der Waals surface area contributed by atoms with Gasteiger partial charge in [0.25, 0.3) is 0 Å². The van der Waals surface area contributed by atoms with Gasteiger partial charge < -0.3 is 15.2 Å². The van der Waals surface area contributed by atoms with Gasteiger partial charge in [-0.1, -0.05) is 12.1 Å². The van der Waals surface area contributed by atoms with E-state index in [0.717, 1.165) is 11.3 Å². The Morgan fingerprint density at radius 1 is 1.31 bits per heavy atom. The molecule has 1 aromatic rings. The lowest BCUT2D eigenvalue weighted by atomic mass is 10.2. The van der Waals surface area contributed by atoms with Gasteiger partial charge in [0.05, 0.1) is 19.8 Å². The molecule has 0 saturated heterocycles. The highest BCUT2D eigenvalue weighted by Crippen LogP contribution is 2.07. The monoisotopic (exact) mass is 181 g/mol. The fourth-order valence-corrected chi connectivity index (χ4v) is 1.02. The summed E-state index contributed by atoms with van der Waals surface area (Å²) in [6, 6.07) is 7.68. The minimum atomic E-state index is 0.592. The molecule has 0 atom stereocenters. The van der Waals surface area contributed by atoms with E-state index in [1.165, 1.54) is 0 Å². The molecule has 0 aliphatic heterocycles. The van der Waals surface area contributed by atoms with Crippen LogP contribution in [0.1, 0.15) is 5.56 Å². The molecule has 3 heteroatoms. The topological polar surface area (TPSA) is 44.5 Å². The molecule has 1 aromatic carbocycles. The molecule has 0 heterocycles. The summed E-state index contributed by atoms with van der Waals surface area (Å²) in [6.07, 6.45) is 0. The van der Waals surface area contributed by atoms with Crippen LogP contribution in [0.15, 0.2) is 24.3 Å². The first-order valence-electron chi connectivity index (χ1n) is 4.24. The lowest BCUT2D eigenvalue weighted by molar-refractivity contribution is 0.0617. The van der Waals surface area contributed by atoms with E-state index in [-0.39, 0.29) is 0 Å². The van der Waals surface area contributed by atoms with Crippen molar-refractivity contribution in [3.05, 3.63) is 29.8 Å². The fraction of sp³-hybridized carbons (Fsp3) is 0.400. The largest absolute Gasteiger partial charge is 0.399 e. The van der Waals surface area contributed by atoms with Crippen molar-refractivity contribution >= 4 is 5.69 Å². The van der Waals surface area contributed by atoms with Crippen molar-refractivity contribution in [3.63, 3.8) is 0 Å². The Kier molecular flexibility index (Phi) is 4.29. The van der Waals surface area contributed by atoms with Crippen LogP contribution in [0, 0.1) is 0 Å². The number of hydrogen-bond donors (Lipinski definition) is 1. The van der Waals surface area contributed by atoms with Gasteiger partial charge in [0.15, 0.2) is 0 Å². The molecular weight excluding hydrogens is 166 g/mol. The normalized spacial score (nSPS) is 10.2. The molecule has 0 spiro atoms. The van der Waals surface area contributed by atoms with E-state index in [4.69, 9.17) is 15.2 Å². The van der Waals surface area contributed by atoms with Crippen LogP contribution in [0.25, 0.3) is 0 Å². The zero-order valence-electron chi connectivity index (χ0n) is 7.82. The molecule has 0 fully saturated rings. The van der Waals surface area contributed by atoms with E-state index < -0.39 is 0 Å². The van der Waals surface area contributed by atoms with Gasteiger partial charge in [-0.2, -0.15) is 0 Å². The lowest BCUT2D eigenvalue weighted by Crippen LogP contribution is -2.01. The average molecular weight is 181 g/mol. The van der Waals surface area contributed by atoms with Crippen LogP contribution < -0.4 is 5.73 Å². The van der Waals surface area contributed by atoms with Crippen LogP contribution in [0.2, 0.25) is 0 Å². The van der Waals surface area contributed by atoms with Crippen LogP contribution in [-0.2, 0) is 16.1 Å². The lowest BCUT2D eigenvalue weighted by Gasteiger charge is -2.03. The van der Waals surface area contributed by atoms with Gasteiger partial charge in [-0.15, -0.1) is 0 Å². The number of anilines is 1. The molecule has 13 heavy (non-hydrogen) atoms. The van der Waals surface area contributed by atoms with E-state index in [0.29, 0.717) is 19.8 Å². The summed E-state index contributed by atoms with van der Waals surface area (Å²) in [5.41, 5.74) is 7.47. The summed E-state index contributed by atoms with van der Waals surface area (Å²) in [4.78, 5) is 0. The van der Waals surface area contributed by atoms with Gasteiger partial charge in [-0.05, 0) is 17.7 Å². The zero-order valence-corrected chi connectivity index (χ0v) is 7.82. The molecule has 0 unspecified atom stereocenters. The fourth-order valence-electron chi connectivity index (χ4n) is 1.02. The maximum atomic E-state index is 5.61. The van der Waals surface area contributed by atoms with E-state index >= 15 is 0 Å². The summed E-state index contributed by atoms with van der Waals surface area (Å²) < 4.78 is 10.2. The molecule has 3 nitrogen and oxygen atoms in total. The minimum Gasteiger partial charge on any atom is -0.399 e. The second-order valence-corrected chi connectivity index (χ2v) is 2.79. The predicted octanol–water partition coefficient (Wildman–Crippen LogP) is 1.43. The molecule has 2 N–H and O–H groups in total. The van der Waals surface area contributed by atoms with Gasteiger partial charge in [0, 0.05) is 12.8 Å². The van der Waals surface area contributed by atoms with Crippen molar-refractivity contribution in [1.82, 2.24) is 0 Å². The molecule has 0 saturated carbocycles. The molecular formula is C10H15NO2. The minimum absolute atomic E-state index is 0.592. The number of benzene rings is 1. The third kappa shape index (κ3) is 3.92. The Hall–Kier alpha value is -1.06. The van der Waals surface area contributed by atoms with Crippen LogP contribution in [0.3, 0.4) is 0 Å². The first-order chi connectivity index (χ1) is 6.33. The number of hydrogen-bond acceptors (Lipinski definition) is 3. The third-order valence-electron chi connectivity index (χ3n) is 1.65. The highest BCUT2D eigenvalue weighted by molar-refractivity contribution is 5.40. The van der Waals surface area contributed by atoms with Crippen LogP contribution >= 0.6 is 0 Å². The van der Waals surface area contributed by atoms with Crippen molar-refractivity contribution in [3.8, 4) is 0 Å². The van der Waals surface area contributed by atoms with E-state index in [9.17, 15) is 0 Å². The SMILES string of the molecule is COCCOCc1cccc(N)c1. The maximum absolute atomic E-state index is 5.61. The van der Waals surface area contributed by atoms with E-state index in [1.54, 1.807) is 7.11 Å². The van der Waals surface area contributed by atoms with Gasteiger partial charge in [0.2, 0.25) is 0 Å². The highest BCUT2D eigenvalue weighted by Gasteiger charge is 1.93. The molecule has 0 aliphatic carbocycles. The summed E-state index contributed by atoms with van der Waals surface area (Å²) in [6.45, 7) is 1.84. The van der Waals surface area contributed by atoms with Gasteiger partial charge in [-0.25, -0.2) is 0 Å². The number of ether oxygens (including phenoxy) is 2. The first-order valence-corrected chi connectivity index (χ1v) is 4.24. The Bertz CT molecular complexity index is 250. The summed E-state index contributed by atoms with van der Waals surface area (Å²) in [7, 11) is 1.66. The molecule has 72 valence electrons. The molecule has 0 radical (unpaired) electrons. The number of rotatable bonds is 5. The molecule has 0 bridgehead atoms. The van der Waals surface area contributed by atoms with Crippen molar-refractivity contribution in [2.75, 3.05) is 26.1 Å². The second-order valence-electron chi connectivity index (χ2n) is 2.79. The average Bonchev–Trinajstić information content (AvgIpc) is 2.13. The maximum Gasteiger partial charge on any atom is 0.0718 e. The van der Waals surface area contributed by atoms with E-state index in [1.807, 2.05) is 24.3 Å². The molecule has 0 amide bonds. The van der Waals surface area contributed by atoms with Gasteiger partial charge in [-0.3, -0.25) is 0 Å². The predicted molar refractivity (Wildman–Crippen MR) is 52.4 cm³/mol. The van der Waals surface area contributed by atoms with Crippen molar-refractivity contribution in [2.45, 2.75) is 6.61 Å². The van der Waals surface area contributed by atoms with Gasteiger partial charge >= 0.3 is 0 Å². The second kappa shape index (κ2) is 5.56. The Balaban J connectivity index is 2.28. The Morgan fingerprint density at radius 3 is 2.85 bits per heavy atom. The zero-order chi connectivity index (χ0) is 9.52. The summed E-state index contributed by atoms with van der Waals surface area (Å²) in [5, 5.41) is 0. The molecule has 0 aromatic heterocycles. The van der Waals surface area contributed by atoms with E-state index in [2.05, 4.69) is 0 Å². The first kappa shape index (κ1) is 10.0. The number of methoxy groups -OCH3 is 1. The van der Waals surface area contributed by atoms with Crippen molar-refractivity contribution < 1.29 is 9.47 Å². The summed E-state index contributed by atoms with van der Waals surface area (Å²) >= 11 is 0. The number of nitrogen functional groups attached to an aromatic ring is 1. The van der Waals surface area contributed by atoms with Gasteiger partial charge in [0.1, 0.15) is 0 Å². The van der Waals surface area contributed by atoms with Crippen LogP contribution in [0.5, 0.6) is 0 Å². The van der Waals surface area contributed by atoms with Crippen molar-refractivity contribution in [1.29, 1.82) is 0 Å². The molecule has 0 aliphatic rings. The standard InChI is InChI=1S/C10H15NO2/c1-12-5-6-13-8-9-3-2-4-10(11)7-9/h2-4,7H,5-6,8,11H2,1H3. The van der Waals surface area contributed by atoms with Crippen LogP contribution in [0.4, 0.5) is 5.69 Å².